The van der Waals surface area contributed by atoms with Crippen LogP contribution in [-0.4, -0.2) is 23.0 Å². The number of hydrogen-bond donors (Lipinski definition) is 1. The Morgan fingerprint density at radius 1 is 1.21 bits per heavy atom. The highest BCUT2D eigenvalue weighted by Crippen LogP contribution is 2.28. The summed E-state index contributed by atoms with van der Waals surface area (Å²) < 4.78 is 12.0. The molecule has 1 N–H and O–H groups in total. The summed E-state index contributed by atoms with van der Waals surface area (Å²) in [5.41, 5.74) is 2.94. The van der Waals surface area contributed by atoms with Gasteiger partial charge in [-0.25, -0.2) is 9.97 Å². The predicted molar refractivity (Wildman–Crippen MR) is 110 cm³/mol. The van der Waals surface area contributed by atoms with Crippen molar-refractivity contribution < 1.29 is 13.9 Å². The van der Waals surface area contributed by atoms with Gasteiger partial charge in [-0.15, -0.1) is 0 Å². The highest BCUT2D eigenvalue weighted by molar-refractivity contribution is 7.22. The molecule has 4 rings (SSSR count). The van der Waals surface area contributed by atoms with E-state index in [-0.39, 0.29) is 12.3 Å². The van der Waals surface area contributed by atoms with E-state index in [0.717, 1.165) is 27.1 Å². The molecule has 7 heteroatoms. The lowest BCUT2D eigenvalue weighted by atomic mass is 10.2. The molecule has 0 radical (unpaired) electrons. The fourth-order valence-corrected chi connectivity index (χ4v) is 3.82. The molecule has 28 heavy (non-hydrogen) atoms. The van der Waals surface area contributed by atoms with Gasteiger partial charge >= 0.3 is 0 Å². The molecular weight excluding hydrogens is 374 g/mol. The Balaban J connectivity index is 1.36. The van der Waals surface area contributed by atoms with Crippen LogP contribution in [0.5, 0.6) is 5.75 Å². The molecule has 0 aliphatic rings. The summed E-state index contributed by atoms with van der Waals surface area (Å²) in [6.07, 6.45) is 2.37. The number of ether oxygens (including phenoxy) is 1. The number of benzene rings is 2. The van der Waals surface area contributed by atoms with Gasteiger partial charge in [0.15, 0.2) is 16.8 Å². The van der Waals surface area contributed by atoms with Crippen LogP contribution < -0.4 is 10.1 Å². The number of fused-ring (bicyclic) bond motifs is 1. The number of nitrogens with zero attached hydrogens (tertiary/aromatic N) is 2. The fraction of sp³-hybridized carbons (Fsp3) is 0.190. The molecule has 0 atom stereocenters. The number of thiazole rings is 1. The molecular formula is C21H19N3O3S. The van der Waals surface area contributed by atoms with Crippen molar-refractivity contribution in [3.63, 3.8) is 0 Å². The number of hydrogen-bond acceptors (Lipinski definition) is 6. The van der Waals surface area contributed by atoms with Gasteiger partial charge in [-0.1, -0.05) is 23.5 Å². The standard InChI is InChI=1S/C21H19N3O3S/c1-13-4-3-5-17-20(13)24-21(28-17)23-18(25)10-11-19-22-12-16(27-19)14-6-8-15(26-2)9-7-14/h3-9,12H,10-11H2,1-2H3,(H,23,24,25). The smallest absolute Gasteiger partial charge is 0.226 e. The Bertz CT molecular complexity index is 1120. The minimum atomic E-state index is -0.110. The van der Waals surface area contributed by atoms with Crippen molar-refractivity contribution in [1.82, 2.24) is 9.97 Å². The number of para-hydroxylation sites is 1. The Hall–Kier alpha value is -3.19. The molecule has 2 heterocycles. The third kappa shape index (κ3) is 3.89. The molecule has 4 aromatic rings. The van der Waals surface area contributed by atoms with Crippen molar-refractivity contribution in [3.05, 3.63) is 60.1 Å². The number of anilines is 1. The number of carbonyl (C=O) groups is 1. The van der Waals surface area contributed by atoms with Crippen molar-refractivity contribution >= 4 is 32.6 Å². The van der Waals surface area contributed by atoms with Gasteiger partial charge in [0.1, 0.15) is 5.75 Å². The lowest BCUT2D eigenvalue weighted by Gasteiger charge is -2.01. The first-order valence-electron chi connectivity index (χ1n) is 8.87. The van der Waals surface area contributed by atoms with Crippen LogP contribution in [0, 0.1) is 6.92 Å². The number of aromatic nitrogens is 2. The zero-order valence-corrected chi connectivity index (χ0v) is 16.4. The van der Waals surface area contributed by atoms with Crippen LogP contribution in [-0.2, 0) is 11.2 Å². The number of nitrogens with one attached hydrogen (secondary N) is 1. The normalized spacial score (nSPS) is 10.9. The molecule has 6 nitrogen and oxygen atoms in total. The summed E-state index contributed by atoms with van der Waals surface area (Å²) >= 11 is 1.47. The third-order valence-electron chi connectivity index (χ3n) is 4.36. The summed E-state index contributed by atoms with van der Waals surface area (Å²) in [4.78, 5) is 21.0. The second kappa shape index (κ2) is 7.82. The lowest BCUT2D eigenvalue weighted by Crippen LogP contribution is -2.12. The Morgan fingerprint density at radius 2 is 2.04 bits per heavy atom. The first-order chi connectivity index (χ1) is 13.6. The van der Waals surface area contributed by atoms with Gasteiger partial charge in [0, 0.05) is 18.4 Å². The van der Waals surface area contributed by atoms with E-state index < -0.39 is 0 Å². The van der Waals surface area contributed by atoms with E-state index in [1.807, 2.05) is 49.4 Å². The van der Waals surface area contributed by atoms with Crippen LogP contribution in [0.25, 0.3) is 21.5 Å². The molecule has 2 aromatic carbocycles. The van der Waals surface area contributed by atoms with Gasteiger partial charge in [-0.3, -0.25) is 4.79 Å². The fourth-order valence-electron chi connectivity index (χ4n) is 2.86. The molecule has 0 bridgehead atoms. The first kappa shape index (κ1) is 18.2. The average molecular weight is 393 g/mol. The minimum absolute atomic E-state index is 0.110. The maximum Gasteiger partial charge on any atom is 0.226 e. The molecule has 2 aromatic heterocycles. The summed E-state index contributed by atoms with van der Waals surface area (Å²) in [7, 11) is 1.63. The van der Waals surface area contributed by atoms with Crippen molar-refractivity contribution in [2.24, 2.45) is 0 Å². The number of rotatable bonds is 6. The van der Waals surface area contributed by atoms with Gasteiger partial charge in [0.05, 0.1) is 23.5 Å². The van der Waals surface area contributed by atoms with E-state index in [2.05, 4.69) is 15.3 Å². The molecule has 1 amide bonds. The van der Waals surface area contributed by atoms with Crippen LogP contribution in [0.4, 0.5) is 5.13 Å². The van der Waals surface area contributed by atoms with Gasteiger partial charge < -0.3 is 14.5 Å². The van der Waals surface area contributed by atoms with Gasteiger partial charge in [0.25, 0.3) is 0 Å². The molecule has 0 unspecified atom stereocenters. The zero-order valence-electron chi connectivity index (χ0n) is 15.6. The van der Waals surface area contributed by atoms with Crippen LogP contribution in [0.2, 0.25) is 0 Å². The second-order valence-electron chi connectivity index (χ2n) is 6.34. The Kier molecular flexibility index (Phi) is 5.08. The van der Waals surface area contributed by atoms with Crippen LogP contribution in [0.1, 0.15) is 17.9 Å². The maximum absolute atomic E-state index is 12.3. The van der Waals surface area contributed by atoms with Crippen LogP contribution >= 0.6 is 11.3 Å². The van der Waals surface area contributed by atoms with E-state index in [0.29, 0.717) is 23.2 Å². The second-order valence-corrected chi connectivity index (χ2v) is 7.37. The number of methoxy groups -OCH3 is 1. The molecule has 142 valence electrons. The zero-order chi connectivity index (χ0) is 19.5. The van der Waals surface area contributed by atoms with E-state index in [1.54, 1.807) is 13.3 Å². The maximum atomic E-state index is 12.3. The summed E-state index contributed by atoms with van der Waals surface area (Å²) in [5.74, 6) is 1.87. The van der Waals surface area contributed by atoms with Crippen LogP contribution in [0.3, 0.4) is 0 Å². The predicted octanol–water partition coefficient (Wildman–Crippen LogP) is 4.84. The van der Waals surface area contributed by atoms with Gasteiger partial charge in [0.2, 0.25) is 5.91 Å². The van der Waals surface area contributed by atoms with E-state index >= 15 is 0 Å². The summed E-state index contributed by atoms with van der Waals surface area (Å²) in [5, 5.41) is 3.48. The number of carbonyl (C=O) groups excluding carboxylic acids is 1. The summed E-state index contributed by atoms with van der Waals surface area (Å²) in [6, 6.07) is 13.6. The highest BCUT2D eigenvalue weighted by atomic mass is 32.1. The Labute approximate surface area is 166 Å². The van der Waals surface area contributed by atoms with Gasteiger partial charge in [-0.2, -0.15) is 0 Å². The minimum Gasteiger partial charge on any atom is -0.497 e. The van der Waals surface area contributed by atoms with Crippen molar-refractivity contribution in [3.8, 4) is 17.1 Å². The quantitative estimate of drug-likeness (QED) is 0.507. The van der Waals surface area contributed by atoms with Crippen molar-refractivity contribution in [2.45, 2.75) is 19.8 Å². The monoisotopic (exact) mass is 393 g/mol. The van der Waals surface area contributed by atoms with Crippen molar-refractivity contribution in [1.29, 1.82) is 0 Å². The molecule has 0 saturated heterocycles. The van der Waals surface area contributed by atoms with Crippen LogP contribution in [0.15, 0.2) is 53.1 Å². The molecule has 0 aliphatic heterocycles. The van der Waals surface area contributed by atoms with Crippen molar-refractivity contribution in [2.75, 3.05) is 12.4 Å². The Morgan fingerprint density at radius 3 is 2.79 bits per heavy atom. The first-order valence-corrected chi connectivity index (χ1v) is 9.69. The topological polar surface area (TPSA) is 77.2 Å². The lowest BCUT2D eigenvalue weighted by molar-refractivity contribution is -0.116. The van der Waals surface area contributed by atoms with Gasteiger partial charge in [-0.05, 0) is 42.8 Å². The summed E-state index contributed by atoms with van der Waals surface area (Å²) in [6.45, 7) is 2.01. The number of oxazole rings is 1. The number of aryl methyl sites for hydroxylation is 2. The molecule has 0 saturated carbocycles. The average Bonchev–Trinajstić information content (AvgIpc) is 3.34. The van der Waals surface area contributed by atoms with E-state index in [9.17, 15) is 4.79 Å². The molecule has 0 fully saturated rings. The molecule has 0 spiro atoms. The molecule has 0 aliphatic carbocycles. The number of amides is 1. The largest absolute Gasteiger partial charge is 0.497 e. The third-order valence-corrected chi connectivity index (χ3v) is 5.30. The highest BCUT2D eigenvalue weighted by Gasteiger charge is 2.12. The van der Waals surface area contributed by atoms with E-state index in [1.165, 1.54) is 11.3 Å². The SMILES string of the molecule is COc1ccc(-c2cnc(CCC(=O)Nc3nc4c(C)cccc4s3)o2)cc1. The van der Waals surface area contributed by atoms with E-state index in [4.69, 9.17) is 9.15 Å².